The van der Waals surface area contributed by atoms with Gasteiger partial charge in [0.05, 0.1) is 5.97 Å². The Kier molecular flexibility index (Phi) is 13.0. The molecule has 0 aromatic heterocycles. The monoisotopic (exact) mass is 416 g/mol. The number of fused-ring (bicyclic) bond motifs is 2. The largest absolute Gasteiger partial charge is 1.00 e. The number of carbonyl (C=O) groups is 3. The second-order valence-electron chi connectivity index (χ2n) is 4.66. The summed E-state index contributed by atoms with van der Waals surface area (Å²) in [6, 6.07) is 10.3. The van der Waals surface area contributed by atoms with Gasteiger partial charge in [0.15, 0.2) is 11.6 Å². The van der Waals surface area contributed by atoms with Gasteiger partial charge < -0.3 is 19.0 Å². The standard InChI is InChI=1S/C15H8O4.3Na.H2O4S/c16-13-9-3-1-2-4-10(9)14(17)12-7-8(15(18)19)5-6-11(12)13;;;;1-5(2,3)4/h1-7H,(H,18,19);;;;(H2,1,2,3,4)/q;3*+1;/p-3. The van der Waals surface area contributed by atoms with Crippen molar-refractivity contribution in [3.63, 3.8) is 0 Å². The molecule has 0 aliphatic heterocycles. The zero-order valence-corrected chi connectivity index (χ0v) is 21.5. The Morgan fingerprint density at radius 2 is 1.11 bits per heavy atom. The number of ketones is 2. The van der Waals surface area contributed by atoms with Crippen LogP contribution in [0.2, 0.25) is 0 Å². The molecule has 0 unspecified atom stereocenters. The van der Waals surface area contributed by atoms with E-state index >= 15 is 0 Å². The van der Waals surface area contributed by atoms with Crippen LogP contribution in [0.4, 0.5) is 0 Å². The SMILES string of the molecule is O=C([O-])c1ccc2c(c1)C(=O)c1ccccc1C2=O.O=S(=O)([O-])[O-].[Na+].[Na+].[Na+]. The van der Waals surface area contributed by atoms with E-state index in [1.807, 2.05) is 0 Å². The molecule has 1 aliphatic rings. The number of benzene rings is 2. The summed E-state index contributed by atoms with van der Waals surface area (Å²) in [4.78, 5) is 35.3. The third kappa shape index (κ3) is 7.81. The van der Waals surface area contributed by atoms with Crippen molar-refractivity contribution in [2.24, 2.45) is 0 Å². The van der Waals surface area contributed by atoms with E-state index in [4.69, 9.17) is 17.5 Å². The third-order valence-corrected chi connectivity index (χ3v) is 3.16. The van der Waals surface area contributed by atoms with Gasteiger partial charge in [-0.15, -0.1) is 0 Å². The van der Waals surface area contributed by atoms with Crippen molar-refractivity contribution in [2.75, 3.05) is 0 Å². The molecule has 2 aromatic carbocycles. The molecular formula is C15H7Na3O8S. The number of hydrogen-bond donors (Lipinski definition) is 0. The molecule has 0 N–H and O–H groups in total. The van der Waals surface area contributed by atoms with E-state index in [1.165, 1.54) is 18.2 Å². The molecule has 0 fully saturated rings. The van der Waals surface area contributed by atoms with Crippen molar-refractivity contribution in [3.8, 4) is 0 Å². The zero-order chi connectivity index (χ0) is 18.1. The zero-order valence-electron chi connectivity index (χ0n) is 14.7. The molecule has 0 atom stereocenters. The number of rotatable bonds is 1. The van der Waals surface area contributed by atoms with E-state index in [-0.39, 0.29) is 117 Å². The van der Waals surface area contributed by atoms with Crippen LogP contribution in [-0.4, -0.2) is 35.1 Å². The summed E-state index contributed by atoms with van der Waals surface area (Å²) in [5.41, 5.74) is 0.884. The predicted octanol–water partition coefficient (Wildman–Crippen LogP) is -9.50. The van der Waals surface area contributed by atoms with Gasteiger partial charge in [-0.3, -0.25) is 18.0 Å². The predicted molar refractivity (Wildman–Crippen MR) is 74.6 cm³/mol. The molecular weight excluding hydrogens is 409 g/mol. The summed E-state index contributed by atoms with van der Waals surface area (Å²) >= 11 is 0. The van der Waals surface area contributed by atoms with E-state index in [2.05, 4.69) is 0 Å². The summed E-state index contributed by atoms with van der Waals surface area (Å²) in [5, 5.41) is 10.8. The van der Waals surface area contributed by atoms with Gasteiger partial charge in [-0.05, 0) is 17.7 Å². The van der Waals surface area contributed by atoms with Gasteiger partial charge in [0.25, 0.3) is 0 Å². The quantitative estimate of drug-likeness (QED) is 0.215. The van der Waals surface area contributed by atoms with Crippen LogP contribution in [0.1, 0.15) is 42.2 Å². The molecule has 12 heteroatoms. The summed E-state index contributed by atoms with van der Waals surface area (Å²) in [5.74, 6) is -1.98. The topological polar surface area (TPSA) is 155 Å². The molecule has 124 valence electrons. The van der Waals surface area contributed by atoms with E-state index in [0.717, 1.165) is 0 Å². The number of carbonyl (C=O) groups excluding carboxylic acids is 3. The molecule has 3 rings (SSSR count). The van der Waals surface area contributed by atoms with Gasteiger partial charge in [-0.1, -0.05) is 30.3 Å². The molecule has 0 spiro atoms. The van der Waals surface area contributed by atoms with Crippen molar-refractivity contribution in [2.45, 2.75) is 0 Å². The fourth-order valence-electron chi connectivity index (χ4n) is 2.23. The molecule has 0 saturated carbocycles. The van der Waals surface area contributed by atoms with Gasteiger partial charge in [0, 0.05) is 32.7 Å². The molecule has 8 nitrogen and oxygen atoms in total. The second kappa shape index (κ2) is 12.0. The van der Waals surface area contributed by atoms with Crippen molar-refractivity contribution in [1.82, 2.24) is 0 Å². The van der Waals surface area contributed by atoms with E-state index < -0.39 is 16.4 Å². The average molecular weight is 416 g/mol. The maximum atomic E-state index is 12.3. The first-order chi connectivity index (χ1) is 11.1. The van der Waals surface area contributed by atoms with Gasteiger partial charge in [0.1, 0.15) is 0 Å². The average Bonchev–Trinajstić information content (AvgIpc) is 2.50. The Bertz CT molecular complexity index is 965. The van der Waals surface area contributed by atoms with Gasteiger partial charge in [0.2, 0.25) is 0 Å². The fraction of sp³-hybridized carbons (Fsp3) is 0. The molecule has 0 amide bonds. The van der Waals surface area contributed by atoms with Gasteiger partial charge in [-0.25, -0.2) is 0 Å². The van der Waals surface area contributed by atoms with E-state index in [9.17, 15) is 19.5 Å². The van der Waals surface area contributed by atoms with Crippen LogP contribution >= 0.6 is 0 Å². The summed E-state index contributed by atoms with van der Waals surface area (Å²) in [7, 11) is -5.17. The molecule has 1 aliphatic carbocycles. The fourth-order valence-corrected chi connectivity index (χ4v) is 2.23. The summed E-state index contributed by atoms with van der Waals surface area (Å²) in [6.45, 7) is 0. The summed E-state index contributed by atoms with van der Waals surface area (Å²) < 4.78 is 34.1. The van der Waals surface area contributed by atoms with Crippen molar-refractivity contribution in [3.05, 3.63) is 70.3 Å². The minimum absolute atomic E-state index is 0. The van der Waals surface area contributed by atoms with E-state index in [0.29, 0.717) is 11.1 Å². The maximum Gasteiger partial charge on any atom is 1.00 e. The third-order valence-electron chi connectivity index (χ3n) is 3.16. The van der Waals surface area contributed by atoms with Crippen molar-refractivity contribution < 1.29 is 126 Å². The van der Waals surface area contributed by atoms with Gasteiger partial charge >= 0.3 is 88.7 Å². The van der Waals surface area contributed by atoms with Gasteiger partial charge in [-0.2, -0.15) is 0 Å². The van der Waals surface area contributed by atoms with Crippen LogP contribution in [-0.2, 0) is 10.4 Å². The van der Waals surface area contributed by atoms with Crippen LogP contribution in [0.15, 0.2) is 42.5 Å². The van der Waals surface area contributed by atoms with Crippen LogP contribution in [0, 0.1) is 0 Å². The van der Waals surface area contributed by atoms with Crippen LogP contribution in [0.5, 0.6) is 0 Å². The maximum absolute atomic E-state index is 12.3. The number of aromatic carboxylic acids is 1. The first-order valence-corrected chi connectivity index (χ1v) is 7.63. The van der Waals surface area contributed by atoms with E-state index in [1.54, 1.807) is 24.3 Å². The Hall–Kier alpha value is 0.120. The minimum atomic E-state index is -5.17. The Labute approximate surface area is 221 Å². The van der Waals surface area contributed by atoms with Crippen molar-refractivity contribution >= 4 is 27.9 Å². The van der Waals surface area contributed by atoms with Crippen LogP contribution in [0.25, 0.3) is 0 Å². The van der Waals surface area contributed by atoms with Crippen LogP contribution in [0.3, 0.4) is 0 Å². The molecule has 0 radical (unpaired) electrons. The van der Waals surface area contributed by atoms with Crippen LogP contribution < -0.4 is 93.8 Å². The second-order valence-corrected chi connectivity index (χ2v) is 5.48. The van der Waals surface area contributed by atoms with Crippen molar-refractivity contribution in [1.29, 1.82) is 0 Å². The molecule has 0 heterocycles. The molecule has 2 aromatic rings. The molecule has 0 saturated heterocycles. The normalized spacial score (nSPS) is 11.2. The Morgan fingerprint density at radius 3 is 1.52 bits per heavy atom. The number of carboxylic acid groups (broad SMARTS) is 1. The smallest absolute Gasteiger partial charge is 0.759 e. The first kappa shape index (κ1) is 29.3. The number of hydrogen-bond acceptors (Lipinski definition) is 8. The molecule has 0 bridgehead atoms. The number of carboxylic acids is 1. The first-order valence-electron chi connectivity index (χ1n) is 6.30. The Balaban J connectivity index is 0. The summed E-state index contributed by atoms with van der Waals surface area (Å²) in [6.07, 6.45) is 0. The minimum Gasteiger partial charge on any atom is -0.759 e. The molecule has 27 heavy (non-hydrogen) atoms. The Morgan fingerprint density at radius 1 is 0.741 bits per heavy atom.